The van der Waals surface area contributed by atoms with Crippen LogP contribution >= 0.6 is 26.1 Å². The molecular weight excluding hydrogens is 984 g/mol. The molecule has 2 aliphatic heterocycles. The third-order valence-corrected chi connectivity index (χ3v) is 21.0. The number of halogens is 1. The molecule has 1 aromatic carbocycles. The average molecular weight is 1030 g/mol. The number of nitrogens with zero attached hydrogens (tertiary/aromatic N) is 11. The lowest BCUT2D eigenvalue weighted by atomic mass is 9.70. The molecule has 28 heteroatoms. The largest absolute Gasteiger partial charge is 0.475 e. The number of nitriles is 1. The maximum absolute atomic E-state index is 15.2. The van der Waals surface area contributed by atoms with Crippen molar-refractivity contribution in [2.75, 3.05) is 26.4 Å². The Hall–Kier alpha value is -4.38. The second kappa shape index (κ2) is 18.7. The molecule has 7 heterocycles. The van der Waals surface area contributed by atoms with Crippen LogP contribution in [0.1, 0.15) is 51.4 Å². The second-order valence-corrected chi connectivity index (χ2v) is 27.9. The van der Waals surface area contributed by atoms with Gasteiger partial charge in [0.2, 0.25) is 5.78 Å². The summed E-state index contributed by atoms with van der Waals surface area (Å²) in [6.07, 6.45) is 3.53. The highest BCUT2D eigenvalue weighted by Crippen LogP contribution is 2.58. The quantitative estimate of drug-likeness (QED) is 0.0355. The van der Waals surface area contributed by atoms with Gasteiger partial charge in [0.05, 0.1) is 56.5 Å². The van der Waals surface area contributed by atoms with Crippen molar-refractivity contribution in [1.82, 2.24) is 43.0 Å². The first kappa shape index (κ1) is 48.6. The van der Waals surface area contributed by atoms with Gasteiger partial charge in [-0.1, -0.05) is 44.5 Å². The predicted octanol–water partition coefficient (Wildman–Crippen LogP) is 6.66. The summed E-state index contributed by atoms with van der Waals surface area (Å²) in [5.74, 6) is -0.508. The number of hydrogen-bond acceptors (Lipinski definition) is 18. The molecule has 2 unspecified atom stereocenters. The summed E-state index contributed by atoms with van der Waals surface area (Å²) in [6, 6.07) is 7.91. The van der Waals surface area contributed by atoms with Gasteiger partial charge in [-0.3, -0.25) is 33.0 Å². The highest BCUT2D eigenvalue weighted by Gasteiger charge is 2.56. The number of phosphoric ester groups is 1. The minimum Gasteiger partial charge on any atom is -0.408 e. The average Bonchev–Trinajstić information content (AvgIpc) is 4.07. The number of rotatable bonds is 11. The van der Waals surface area contributed by atoms with Gasteiger partial charge in [0, 0.05) is 43.0 Å². The first-order valence-corrected chi connectivity index (χ1v) is 29.0. The molecule has 3 aliphatic rings. The SMILES string of the molecule is CC(C)(C)[Si](C)(C)O[C@H]1[C@H]2OP(=O)(OCCC#N)OC[C@H]3C[C@@H](n4cnc5c(Cl)ncnc54)[C@@H]3COP(O)(=S)OC[C@H]1O[C@H]2n1cnc2c(=O)n3ccn(CCc4ccc([N+](=O)[O-])cc4)c3nc21. The summed E-state index contributed by atoms with van der Waals surface area (Å²) in [5, 5.41) is 20.5. The number of aryl methyl sites for hydroxylation is 2. The number of aromatic nitrogens is 9. The number of ether oxygens (including phenoxy) is 1. The molecule has 1 saturated carbocycles. The monoisotopic (exact) mass is 1030 g/mol. The molecule has 3 fully saturated rings. The van der Waals surface area contributed by atoms with Gasteiger partial charge in [0.15, 0.2) is 36.5 Å². The minimum atomic E-state index is -4.64. The van der Waals surface area contributed by atoms with Gasteiger partial charge in [0.1, 0.15) is 30.2 Å². The van der Waals surface area contributed by atoms with Crippen molar-refractivity contribution < 1.29 is 46.2 Å². The normalized spacial score (nSPS) is 28.3. The third kappa shape index (κ3) is 9.47. The van der Waals surface area contributed by atoms with Gasteiger partial charge in [-0.05, 0) is 54.3 Å². The fourth-order valence-corrected chi connectivity index (χ4v) is 12.4. The molecule has 6 aromatic rings. The van der Waals surface area contributed by atoms with E-state index in [0.717, 1.165) is 5.56 Å². The lowest BCUT2D eigenvalue weighted by molar-refractivity contribution is -0.384. The van der Waals surface area contributed by atoms with E-state index in [1.54, 1.807) is 35.4 Å². The van der Waals surface area contributed by atoms with Gasteiger partial charge in [-0.25, -0.2) is 28.9 Å². The highest BCUT2D eigenvalue weighted by atomic mass is 35.5. The van der Waals surface area contributed by atoms with Crippen LogP contribution in [0.15, 0.2) is 60.4 Å². The lowest BCUT2D eigenvalue weighted by Crippen LogP contribution is -2.50. The molecule has 68 heavy (non-hydrogen) atoms. The molecule has 23 nitrogen and oxygen atoms in total. The number of benzene rings is 1. The van der Waals surface area contributed by atoms with Gasteiger partial charge in [0.25, 0.3) is 11.2 Å². The van der Waals surface area contributed by atoms with E-state index >= 15 is 4.57 Å². The number of imidazole rings is 3. The topological polar surface area (TPSA) is 270 Å². The van der Waals surface area contributed by atoms with Crippen LogP contribution in [0.2, 0.25) is 23.3 Å². The number of nitro benzene ring substituents is 1. The molecule has 2 saturated heterocycles. The Kier molecular flexibility index (Phi) is 13.4. The van der Waals surface area contributed by atoms with E-state index in [-0.39, 0.29) is 77.6 Å². The molecule has 1 aliphatic carbocycles. The van der Waals surface area contributed by atoms with Crippen molar-refractivity contribution in [1.29, 1.82) is 5.26 Å². The van der Waals surface area contributed by atoms with Crippen LogP contribution in [0, 0.1) is 33.3 Å². The molecule has 1 N–H and O–H groups in total. The molecule has 2 bridgehead atoms. The molecule has 0 radical (unpaired) electrons. The summed E-state index contributed by atoms with van der Waals surface area (Å²) in [7, 11) is -7.42. The molecule has 9 rings (SSSR count). The van der Waals surface area contributed by atoms with E-state index in [1.165, 1.54) is 33.8 Å². The molecule has 0 spiro atoms. The third-order valence-electron chi connectivity index (χ3n) is 13.2. The lowest BCUT2D eigenvalue weighted by Gasteiger charge is -2.45. The van der Waals surface area contributed by atoms with Crippen LogP contribution in [-0.2, 0) is 61.1 Å². The van der Waals surface area contributed by atoms with Crippen LogP contribution in [-0.4, -0.2) is 106 Å². The second-order valence-electron chi connectivity index (χ2n) is 18.3. The molecule has 5 aromatic heterocycles. The van der Waals surface area contributed by atoms with E-state index in [9.17, 15) is 25.1 Å². The number of non-ortho nitro benzene ring substituents is 1. The fraction of sp³-hybridized carbons (Fsp3) is 0.525. The Morgan fingerprint density at radius 2 is 1.78 bits per heavy atom. The summed E-state index contributed by atoms with van der Waals surface area (Å²) in [5.41, 5.74) is 1.27. The first-order chi connectivity index (χ1) is 32.3. The Morgan fingerprint density at radius 1 is 1.04 bits per heavy atom. The predicted molar refractivity (Wildman–Crippen MR) is 250 cm³/mol. The Bertz CT molecular complexity index is 3090. The van der Waals surface area contributed by atoms with Crippen LogP contribution < -0.4 is 5.56 Å². The van der Waals surface area contributed by atoms with E-state index in [1.807, 2.05) is 44.5 Å². The number of hydrogen-bond donors (Lipinski definition) is 1. The van der Waals surface area contributed by atoms with Crippen molar-refractivity contribution in [2.24, 2.45) is 11.8 Å². The van der Waals surface area contributed by atoms with Crippen molar-refractivity contribution in [3.05, 3.63) is 86.8 Å². The van der Waals surface area contributed by atoms with Gasteiger partial charge in [-0.2, -0.15) is 10.2 Å². The standard InChI is InChI=1S/C40H48ClN11O12P2SSi/c1-40(2,3)68(4,5)64-32-29-20-61-66(57,67)60-19-27-25(17-28(27)50-22-45-30-34(41)43-21-44-35(30)50)18-59-65(56,58-16-6-12-42)63-33(32)38(62-29)51-23-46-31-36(51)47-39-48(14-15-49(39)37(31)53)13-11-24-7-9-26(10-8-24)52(54)55/h7-10,14-15,21-23,25,27-29,32-33,38H,6,11,13,16-20H2,1-5H3,(H,57,67)/t25-,27-,28-,29-,32-,33-,38-,65?,66?/m1/s1. The van der Waals surface area contributed by atoms with Gasteiger partial charge >= 0.3 is 14.5 Å². The van der Waals surface area contributed by atoms with E-state index in [4.69, 9.17) is 60.2 Å². The van der Waals surface area contributed by atoms with Gasteiger partial charge in [-0.15, -0.1) is 0 Å². The van der Waals surface area contributed by atoms with Crippen molar-refractivity contribution in [2.45, 2.75) is 95.3 Å². The summed E-state index contributed by atoms with van der Waals surface area (Å²) < 4.78 is 66.3. The Morgan fingerprint density at radius 3 is 2.51 bits per heavy atom. The van der Waals surface area contributed by atoms with E-state index in [0.29, 0.717) is 30.6 Å². The Labute approximate surface area is 399 Å². The van der Waals surface area contributed by atoms with E-state index in [2.05, 4.69) is 19.9 Å². The molecule has 9 atom stereocenters. The van der Waals surface area contributed by atoms with E-state index < -0.39 is 63.8 Å². The van der Waals surface area contributed by atoms with Crippen LogP contribution in [0.3, 0.4) is 0 Å². The fourth-order valence-electron chi connectivity index (χ4n) is 8.38. The Balaban J connectivity index is 1.10. The first-order valence-electron chi connectivity index (χ1n) is 21.7. The zero-order valence-corrected chi connectivity index (χ0v) is 41.8. The zero-order valence-electron chi connectivity index (χ0n) is 37.4. The maximum Gasteiger partial charge on any atom is 0.475 e. The number of phosphoric acid groups is 1. The van der Waals surface area contributed by atoms with Crippen LogP contribution in [0.5, 0.6) is 0 Å². The van der Waals surface area contributed by atoms with Crippen molar-refractivity contribution in [3.63, 3.8) is 0 Å². The zero-order chi connectivity index (χ0) is 48.3. The smallest absolute Gasteiger partial charge is 0.408 e. The van der Waals surface area contributed by atoms with Crippen molar-refractivity contribution in [3.8, 4) is 6.07 Å². The number of fused-ring (bicyclic) bond motifs is 6. The minimum absolute atomic E-state index is 0.0145. The van der Waals surface area contributed by atoms with Crippen molar-refractivity contribution >= 4 is 80.1 Å². The van der Waals surface area contributed by atoms with Gasteiger partial charge < -0.3 is 32.2 Å². The summed E-state index contributed by atoms with van der Waals surface area (Å²) in [4.78, 5) is 58.6. The highest BCUT2D eigenvalue weighted by molar-refractivity contribution is 8.07. The van der Waals surface area contributed by atoms with Crippen LogP contribution in [0.4, 0.5) is 5.69 Å². The van der Waals surface area contributed by atoms with Crippen LogP contribution in [0.25, 0.3) is 28.1 Å². The molecular formula is C40H48ClN11O12P2SSi. The molecule has 362 valence electrons. The molecule has 0 amide bonds. The summed E-state index contributed by atoms with van der Waals surface area (Å²) in [6.45, 7) is 5.56. The maximum atomic E-state index is 15.2. The number of nitro groups is 1. The summed E-state index contributed by atoms with van der Waals surface area (Å²) >= 11 is 11.9.